The maximum Gasteiger partial charge on any atom is 0.210 e. The second-order valence-electron chi connectivity index (χ2n) is 2.44. The van der Waals surface area contributed by atoms with Crippen molar-refractivity contribution in [2.75, 3.05) is 6.54 Å². The van der Waals surface area contributed by atoms with Gasteiger partial charge in [-0.05, 0) is 22.6 Å². The van der Waals surface area contributed by atoms with Gasteiger partial charge in [-0.1, -0.05) is 0 Å². The maximum absolute atomic E-state index is 13.3. The van der Waals surface area contributed by atoms with Gasteiger partial charge >= 0.3 is 0 Å². The second-order valence-corrected chi connectivity index (χ2v) is 6.67. The van der Waals surface area contributed by atoms with Gasteiger partial charge in [-0.2, -0.15) is 0 Å². The molecule has 1 saturated heterocycles. The molecule has 1 aliphatic heterocycles. The summed E-state index contributed by atoms with van der Waals surface area (Å²) >= 11 is 5.48. The molecule has 0 N–H and O–H groups in total. The molecule has 1 unspecified atom stereocenters. The summed E-state index contributed by atoms with van der Waals surface area (Å²) in [5.74, 6) is 0. The van der Waals surface area contributed by atoms with E-state index in [0.29, 0.717) is 13.0 Å². The van der Waals surface area contributed by atoms with Crippen LogP contribution in [0.4, 0.5) is 4.39 Å². The van der Waals surface area contributed by atoms with Crippen LogP contribution in [0.1, 0.15) is 6.42 Å². The molecular formula is C5H5FI3NO. The van der Waals surface area contributed by atoms with Gasteiger partial charge in [0, 0.05) is 51.9 Å². The molecule has 6 heteroatoms. The van der Waals surface area contributed by atoms with Gasteiger partial charge in [-0.3, -0.25) is 4.79 Å². The van der Waals surface area contributed by atoms with E-state index in [-0.39, 0.29) is 9.83 Å². The Balaban J connectivity index is 2.66. The van der Waals surface area contributed by atoms with Crippen molar-refractivity contribution in [3.8, 4) is 0 Å². The summed E-state index contributed by atoms with van der Waals surface area (Å²) < 4.78 is 13.8. The van der Waals surface area contributed by atoms with Gasteiger partial charge in [-0.25, -0.2) is 7.50 Å². The van der Waals surface area contributed by atoms with Crippen molar-refractivity contribution in [2.45, 2.75) is 16.1 Å². The molecular weight excluding hydrogens is 490 g/mol. The van der Waals surface area contributed by atoms with Crippen LogP contribution in [-0.4, -0.2) is 23.2 Å². The van der Waals surface area contributed by atoms with Crippen molar-refractivity contribution in [1.82, 2.24) is 3.11 Å². The van der Waals surface area contributed by atoms with Crippen molar-refractivity contribution in [3.05, 3.63) is 0 Å². The number of hydrogen-bond acceptors (Lipinski definition) is 2. The molecule has 0 saturated carbocycles. The highest BCUT2D eigenvalue weighted by Crippen LogP contribution is 2.39. The highest BCUT2D eigenvalue weighted by Gasteiger charge is 2.44. The van der Waals surface area contributed by atoms with Gasteiger partial charge in [0.15, 0.2) is 3.68 Å². The van der Waals surface area contributed by atoms with Gasteiger partial charge in [0.1, 0.15) is 0 Å². The van der Waals surface area contributed by atoms with Crippen LogP contribution < -0.4 is 0 Å². The number of rotatable bonds is 1. The molecule has 64 valence electrons. The van der Waals surface area contributed by atoms with Gasteiger partial charge < -0.3 is 0 Å². The quantitative estimate of drug-likeness (QED) is 0.242. The molecule has 0 aromatic carbocycles. The molecule has 0 amide bonds. The first kappa shape index (κ1) is 10.8. The lowest BCUT2D eigenvalue weighted by Crippen LogP contribution is -2.24. The van der Waals surface area contributed by atoms with Crippen molar-refractivity contribution >= 4 is 71.8 Å². The molecule has 0 aliphatic carbocycles. The molecule has 11 heavy (non-hydrogen) atoms. The summed E-state index contributed by atoms with van der Waals surface area (Å²) in [5, 5.41) is 0. The average Bonchev–Trinajstić information content (AvgIpc) is 2.05. The van der Waals surface area contributed by atoms with Crippen LogP contribution >= 0.6 is 68.0 Å². The minimum absolute atomic E-state index is 0.0215. The minimum Gasteiger partial charge on any atom is -0.286 e. The zero-order chi connectivity index (χ0) is 8.65. The molecule has 2 nitrogen and oxygen atoms in total. The van der Waals surface area contributed by atoms with E-state index in [4.69, 9.17) is 0 Å². The molecule has 0 aromatic heterocycles. The lowest BCUT2D eigenvalue weighted by Gasteiger charge is -2.10. The summed E-state index contributed by atoms with van der Waals surface area (Å²) in [7, 11) is 0. The minimum atomic E-state index is -1.22. The van der Waals surface area contributed by atoms with Gasteiger partial charge in [0.25, 0.3) is 0 Å². The Bertz CT molecular complexity index is 187. The van der Waals surface area contributed by atoms with Gasteiger partial charge in [0.05, 0.1) is 12.6 Å². The molecule has 1 aliphatic rings. The van der Waals surface area contributed by atoms with Crippen LogP contribution in [0.15, 0.2) is 0 Å². The van der Waals surface area contributed by atoms with Crippen LogP contribution in [0.3, 0.4) is 0 Å². The Morgan fingerprint density at radius 2 is 2.27 bits per heavy atom. The lowest BCUT2D eigenvalue weighted by molar-refractivity contribution is -0.111. The Hall–Kier alpha value is 1.75. The molecule has 1 fully saturated rings. The summed E-state index contributed by atoms with van der Waals surface area (Å²) in [5.41, 5.74) is 0. The molecule has 2 atom stereocenters. The third-order valence-electron chi connectivity index (χ3n) is 1.47. The molecule has 0 bridgehead atoms. The molecule has 0 radical (unpaired) electrons. The topological polar surface area (TPSA) is 20.3 Å². The Morgan fingerprint density at radius 3 is 2.45 bits per heavy atom. The van der Waals surface area contributed by atoms with Gasteiger partial charge in [0.2, 0.25) is 3.79 Å². The first-order valence-corrected chi connectivity index (χ1v) is 6.04. The largest absolute Gasteiger partial charge is 0.286 e. The van der Waals surface area contributed by atoms with Crippen LogP contribution in [0, 0.1) is 0 Å². The smallest absolute Gasteiger partial charge is 0.210 e. The number of carbonyl (C=O) groups is 1. The van der Waals surface area contributed by atoms with Gasteiger partial charge in [-0.15, -0.1) is 0 Å². The summed E-state index contributed by atoms with van der Waals surface area (Å²) in [6.45, 7) is 0.341. The van der Waals surface area contributed by atoms with E-state index in [1.807, 2.05) is 22.9 Å². The highest BCUT2D eigenvalue weighted by atomic mass is 127. The molecule has 1 heterocycles. The Morgan fingerprint density at radius 1 is 1.73 bits per heavy atom. The first-order valence-electron chi connectivity index (χ1n) is 2.92. The van der Waals surface area contributed by atoms with Crippen molar-refractivity contribution in [1.29, 1.82) is 0 Å². The molecule has 0 spiro atoms. The fraction of sp³-hybridized carbons (Fsp3) is 0.800. The highest BCUT2D eigenvalue weighted by molar-refractivity contribution is 14.1. The summed E-state index contributed by atoms with van der Waals surface area (Å²) in [4.78, 5) is 10.9. The van der Waals surface area contributed by atoms with E-state index in [0.717, 1.165) is 0 Å². The lowest BCUT2D eigenvalue weighted by atomic mass is 10.2. The Labute approximate surface area is 105 Å². The first-order chi connectivity index (χ1) is 4.92. The van der Waals surface area contributed by atoms with E-state index < -0.39 is 3.68 Å². The fourth-order valence-electron chi connectivity index (χ4n) is 0.968. The number of alkyl halides is 2. The summed E-state index contributed by atoms with van der Waals surface area (Å²) in [6, 6.07) is -0.238. The van der Waals surface area contributed by atoms with Crippen molar-refractivity contribution in [2.24, 2.45) is 0 Å². The van der Waals surface area contributed by atoms with E-state index in [1.165, 1.54) is 0 Å². The van der Waals surface area contributed by atoms with E-state index >= 15 is 0 Å². The zero-order valence-corrected chi connectivity index (χ0v) is 11.8. The fourth-order valence-corrected chi connectivity index (χ4v) is 4.49. The van der Waals surface area contributed by atoms with Crippen LogP contribution in [-0.2, 0) is 4.79 Å². The number of hydrogen-bond donors (Lipinski definition) is 0. The predicted molar refractivity (Wildman–Crippen MR) is 66.0 cm³/mol. The average molecular weight is 495 g/mol. The normalized spacial score (nSPS) is 39.5. The Kier molecular flexibility index (Phi) is 3.80. The summed E-state index contributed by atoms with van der Waals surface area (Å²) in [6.07, 6.45) is 0.318. The van der Waals surface area contributed by atoms with Crippen molar-refractivity contribution in [3.63, 3.8) is 0 Å². The number of nitrogens with zero attached hydrogens (tertiary/aromatic N) is 1. The number of halogens is 4. The van der Waals surface area contributed by atoms with Crippen molar-refractivity contribution < 1.29 is 9.18 Å². The van der Waals surface area contributed by atoms with E-state index in [2.05, 4.69) is 0 Å². The third kappa shape index (κ3) is 2.86. The maximum atomic E-state index is 13.3. The second kappa shape index (κ2) is 3.86. The van der Waals surface area contributed by atoms with Crippen LogP contribution in [0.25, 0.3) is 0 Å². The van der Waals surface area contributed by atoms with Crippen LogP contribution in [0.2, 0.25) is 0 Å². The standard InChI is InChI=1S/C5H5FI3NO/c6-5(8)1-3(4(7)11)10(9)2-5/h3H,1-2H2/t3-,5?/m0/s1. The van der Waals surface area contributed by atoms with E-state index in [9.17, 15) is 9.18 Å². The number of carbonyl (C=O) groups excluding carboxylic acids is 1. The molecule has 0 aromatic rings. The monoisotopic (exact) mass is 495 g/mol. The SMILES string of the molecule is O=C(I)[C@@H]1CC(F)(I)CN1I. The van der Waals surface area contributed by atoms with E-state index in [1.54, 1.807) is 48.3 Å². The molecule has 1 rings (SSSR count). The third-order valence-corrected chi connectivity index (χ3v) is 3.99. The van der Waals surface area contributed by atoms with Crippen LogP contribution in [0.5, 0.6) is 0 Å². The zero-order valence-electron chi connectivity index (χ0n) is 5.36. The predicted octanol–water partition coefficient (Wildman–Crippen LogP) is 2.47.